The Bertz CT molecular complexity index is 387. The van der Waals surface area contributed by atoms with E-state index in [1.54, 1.807) is 0 Å². The van der Waals surface area contributed by atoms with Gasteiger partial charge in [-0.15, -0.1) is 0 Å². The van der Waals surface area contributed by atoms with E-state index in [2.05, 4.69) is 10.6 Å². The van der Waals surface area contributed by atoms with Crippen molar-refractivity contribution in [2.75, 3.05) is 0 Å². The van der Waals surface area contributed by atoms with E-state index in [1.807, 2.05) is 0 Å². The Labute approximate surface area is 122 Å². The molecular weight excluding hydrogens is 280 g/mol. The van der Waals surface area contributed by atoms with Gasteiger partial charge in [0.1, 0.15) is 6.04 Å². The van der Waals surface area contributed by atoms with Crippen LogP contribution in [0.1, 0.15) is 44.9 Å². The molecule has 8 heteroatoms. The summed E-state index contributed by atoms with van der Waals surface area (Å²) in [6, 6.07) is -2.36. The summed E-state index contributed by atoms with van der Waals surface area (Å²) in [7, 11) is 0. The average Bonchev–Trinajstić information content (AvgIpc) is 2.59. The number of aliphatic hydroxyl groups excluding tert-OH is 1. The zero-order chi connectivity index (χ0) is 15.8. The highest BCUT2D eigenvalue weighted by Gasteiger charge is 2.26. The molecule has 0 saturated heterocycles. The lowest BCUT2D eigenvalue weighted by atomic mass is 10.1. The molecule has 1 aliphatic rings. The molecule has 3 unspecified atom stereocenters. The van der Waals surface area contributed by atoms with Crippen LogP contribution in [0.15, 0.2) is 0 Å². The highest BCUT2D eigenvalue weighted by Crippen LogP contribution is 2.17. The summed E-state index contributed by atoms with van der Waals surface area (Å²) in [6.45, 7) is 0. The molecule has 0 spiro atoms. The number of hydrogen-bond acceptors (Lipinski definition) is 4. The van der Waals surface area contributed by atoms with E-state index in [0.717, 1.165) is 19.3 Å². The predicted molar refractivity (Wildman–Crippen MR) is 72.8 cm³/mol. The lowest BCUT2D eigenvalue weighted by Crippen LogP contribution is -2.51. The van der Waals surface area contributed by atoms with Crippen molar-refractivity contribution in [1.82, 2.24) is 10.6 Å². The molecule has 0 aromatic rings. The topological polar surface area (TPSA) is 136 Å². The van der Waals surface area contributed by atoms with Gasteiger partial charge in [-0.25, -0.2) is 9.59 Å². The van der Waals surface area contributed by atoms with Crippen LogP contribution >= 0.6 is 0 Å². The van der Waals surface area contributed by atoms with Crippen molar-refractivity contribution in [2.24, 2.45) is 0 Å². The van der Waals surface area contributed by atoms with Gasteiger partial charge in [-0.3, -0.25) is 4.79 Å². The molecule has 0 heterocycles. The first-order valence-corrected chi connectivity index (χ1v) is 7.10. The third kappa shape index (κ3) is 6.44. The lowest BCUT2D eigenvalue weighted by Gasteiger charge is -2.23. The van der Waals surface area contributed by atoms with Crippen molar-refractivity contribution in [3.05, 3.63) is 0 Å². The van der Waals surface area contributed by atoms with Gasteiger partial charge in [0.25, 0.3) is 0 Å². The number of hydrogen-bond donors (Lipinski definition) is 5. The Morgan fingerprint density at radius 2 is 1.76 bits per heavy atom. The van der Waals surface area contributed by atoms with E-state index in [1.165, 1.54) is 0 Å². The summed E-state index contributed by atoms with van der Waals surface area (Å²) < 4.78 is 0. The number of rotatable bonds is 6. The largest absolute Gasteiger partial charge is 0.481 e. The number of amides is 2. The summed E-state index contributed by atoms with van der Waals surface area (Å²) in [5.41, 5.74) is 0. The second kappa shape index (κ2) is 8.46. The van der Waals surface area contributed by atoms with Crippen LogP contribution < -0.4 is 10.6 Å². The molecule has 1 saturated carbocycles. The number of carbonyl (C=O) groups is 3. The minimum Gasteiger partial charge on any atom is -0.481 e. The number of urea groups is 1. The highest BCUT2D eigenvalue weighted by molar-refractivity contribution is 5.83. The number of nitrogens with one attached hydrogen (secondary N) is 2. The van der Waals surface area contributed by atoms with Gasteiger partial charge in [-0.2, -0.15) is 0 Å². The number of carboxylic acids is 2. The second-order valence-electron chi connectivity index (χ2n) is 5.25. The maximum Gasteiger partial charge on any atom is 0.326 e. The molecule has 0 aromatic heterocycles. The minimum absolute atomic E-state index is 0.189. The standard InChI is InChI=1S/C13H22N2O6/c16-10-5-3-1-2-4-8(10)14-13(21)15-9(12(19)20)6-7-11(17)18/h8-10,16H,1-7H2,(H,17,18)(H,19,20)(H2,14,15,21). The Balaban J connectivity index is 2.48. The van der Waals surface area contributed by atoms with Gasteiger partial charge in [-0.05, 0) is 19.3 Å². The molecule has 1 rings (SSSR count). The SMILES string of the molecule is O=C(O)CCC(NC(=O)NC1CCCCCC1O)C(=O)O. The van der Waals surface area contributed by atoms with Crippen molar-refractivity contribution < 1.29 is 29.7 Å². The molecular formula is C13H22N2O6. The van der Waals surface area contributed by atoms with Gasteiger partial charge in [0.05, 0.1) is 12.1 Å². The zero-order valence-electron chi connectivity index (χ0n) is 11.7. The molecule has 120 valence electrons. The minimum atomic E-state index is -1.28. The summed E-state index contributed by atoms with van der Waals surface area (Å²) >= 11 is 0. The van der Waals surface area contributed by atoms with Gasteiger partial charge in [-0.1, -0.05) is 19.3 Å². The van der Waals surface area contributed by atoms with Crippen LogP contribution in [0.4, 0.5) is 4.79 Å². The zero-order valence-corrected chi connectivity index (χ0v) is 11.7. The van der Waals surface area contributed by atoms with Gasteiger partial charge in [0, 0.05) is 6.42 Å². The van der Waals surface area contributed by atoms with Gasteiger partial charge in [0.2, 0.25) is 0 Å². The van der Waals surface area contributed by atoms with Crippen molar-refractivity contribution >= 4 is 18.0 Å². The van der Waals surface area contributed by atoms with E-state index in [9.17, 15) is 19.5 Å². The third-order valence-electron chi connectivity index (χ3n) is 3.55. The van der Waals surface area contributed by atoms with Crippen molar-refractivity contribution in [3.63, 3.8) is 0 Å². The number of aliphatic carboxylic acids is 2. The molecule has 5 N–H and O–H groups in total. The Morgan fingerprint density at radius 3 is 2.38 bits per heavy atom. The maximum atomic E-state index is 11.8. The molecule has 0 aliphatic heterocycles. The van der Waals surface area contributed by atoms with E-state index < -0.39 is 36.2 Å². The third-order valence-corrected chi connectivity index (χ3v) is 3.55. The predicted octanol–water partition coefficient (Wildman–Crippen LogP) is 0.297. The molecule has 0 bridgehead atoms. The molecule has 21 heavy (non-hydrogen) atoms. The fourth-order valence-electron chi connectivity index (χ4n) is 2.35. The van der Waals surface area contributed by atoms with Gasteiger partial charge >= 0.3 is 18.0 Å². The van der Waals surface area contributed by atoms with Gasteiger partial charge < -0.3 is 26.0 Å². The van der Waals surface area contributed by atoms with Crippen LogP contribution in [-0.2, 0) is 9.59 Å². The summed E-state index contributed by atoms with van der Waals surface area (Å²) in [6.07, 6.45) is 2.86. The van der Waals surface area contributed by atoms with E-state index >= 15 is 0 Å². The lowest BCUT2D eigenvalue weighted by molar-refractivity contribution is -0.140. The first-order chi connectivity index (χ1) is 9.90. The smallest absolute Gasteiger partial charge is 0.326 e. The molecule has 8 nitrogen and oxygen atoms in total. The Hall–Kier alpha value is -1.83. The number of aliphatic hydroxyl groups is 1. The summed E-state index contributed by atoms with van der Waals surface area (Å²) in [5.74, 6) is -2.41. The van der Waals surface area contributed by atoms with E-state index in [-0.39, 0.29) is 12.8 Å². The molecule has 3 atom stereocenters. The average molecular weight is 302 g/mol. The first kappa shape index (κ1) is 17.2. The Kier molecular flexibility index (Phi) is 6.93. The number of carbonyl (C=O) groups excluding carboxylic acids is 1. The summed E-state index contributed by atoms with van der Waals surface area (Å²) in [5, 5.41) is 32.2. The van der Waals surface area contributed by atoms with Gasteiger partial charge in [0.15, 0.2) is 0 Å². The quantitative estimate of drug-likeness (QED) is 0.448. The van der Waals surface area contributed by atoms with E-state index in [0.29, 0.717) is 12.8 Å². The van der Waals surface area contributed by atoms with Crippen LogP contribution in [0.5, 0.6) is 0 Å². The fourth-order valence-corrected chi connectivity index (χ4v) is 2.35. The fraction of sp³-hybridized carbons (Fsp3) is 0.769. The molecule has 0 aromatic carbocycles. The molecule has 0 radical (unpaired) electrons. The van der Waals surface area contributed by atoms with Crippen LogP contribution in [0.2, 0.25) is 0 Å². The van der Waals surface area contributed by atoms with Crippen LogP contribution in [-0.4, -0.2) is 51.5 Å². The van der Waals surface area contributed by atoms with E-state index in [4.69, 9.17) is 10.2 Å². The molecule has 1 aliphatic carbocycles. The Morgan fingerprint density at radius 1 is 1.10 bits per heavy atom. The van der Waals surface area contributed by atoms with Crippen molar-refractivity contribution in [1.29, 1.82) is 0 Å². The monoisotopic (exact) mass is 302 g/mol. The maximum absolute atomic E-state index is 11.8. The summed E-state index contributed by atoms with van der Waals surface area (Å²) in [4.78, 5) is 33.2. The van der Waals surface area contributed by atoms with Crippen LogP contribution in [0, 0.1) is 0 Å². The van der Waals surface area contributed by atoms with Crippen molar-refractivity contribution in [2.45, 2.75) is 63.1 Å². The normalized spacial score (nSPS) is 23.7. The second-order valence-corrected chi connectivity index (χ2v) is 5.25. The van der Waals surface area contributed by atoms with Crippen molar-refractivity contribution in [3.8, 4) is 0 Å². The van der Waals surface area contributed by atoms with Crippen LogP contribution in [0.3, 0.4) is 0 Å². The van der Waals surface area contributed by atoms with Crippen LogP contribution in [0.25, 0.3) is 0 Å². The number of carboxylic acid groups (broad SMARTS) is 2. The molecule has 1 fully saturated rings. The first-order valence-electron chi connectivity index (χ1n) is 7.10. The highest BCUT2D eigenvalue weighted by atomic mass is 16.4. The molecule has 2 amide bonds.